The first-order valence-electron chi connectivity index (χ1n) is 5.14. The fourth-order valence-corrected chi connectivity index (χ4v) is 1.27. The fraction of sp³-hybridized carbons (Fsp3) is 0.667. The van der Waals surface area contributed by atoms with Crippen molar-refractivity contribution in [1.82, 2.24) is 5.32 Å². The van der Waals surface area contributed by atoms with Gasteiger partial charge in [0.05, 0.1) is 0 Å². The maximum Gasteiger partial charge on any atom is 0.0251 e. The summed E-state index contributed by atoms with van der Waals surface area (Å²) in [7, 11) is 2.00. The molecule has 0 fully saturated rings. The summed E-state index contributed by atoms with van der Waals surface area (Å²) in [5, 5.41) is 3.26. The molecule has 0 heterocycles. The highest BCUT2D eigenvalue weighted by molar-refractivity contribution is 5.16. The van der Waals surface area contributed by atoms with Gasteiger partial charge in [-0.15, -0.1) is 0 Å². The third-order valence-corrected chi connectivity index (χ3v) is 2.60. The van der Waals surface area contributed by atoms with E-state index in [1.807, 2.05) is 13.1 Å². The lowest BCUT2D eigenvalue weighted by Gasteiger charge is -2.18. The van der Waals surface area contributed by atoms with Crippen LogP contribution in [-0.4, -0.2) is 13.1 Å². The van der Waals surface area contributed by atoms with Crippen LogP contribution < -0.4 is 5.32 Å². The molecule has 2 atom stereocenters. The largest absolute Gasteiger partial charge is 0.314 e. The average Bonchev–Trinajstić information content (AvgIpc) is 2.15. The average molecular weight is 181 g/mol. The molecule has 2 unspecified atom stereocenters. The number of hydrogen-bond acceptors (Lipinski definition) is 1. The van der Waals surface area contributed by atoms with Crippen LogP contribution in [0.3, 0.4) is 0 Å². The Balaban J connectivity index is 4.26. The summed E-state index contributed by atoms with van der Waals surface area (Å²) in [6, 6.07) is 0.465. The first kappa shape index (κ1) is 12.4. The Morgan fingerprint density at radius 3 is 2.46 bits per heavy atom. The van der Waals surface area contributed by atoms with E-state index in [0.717, 1.165) is 5.92 Å². The van der Waals surface area contributed by atoms with Crippen LogP contribution in [0.4, 0.5) is 0 Å². The van der Waals surface area contributed by atoms with Gasteiger partial charge in [0, 0.05) is 6.04 Å². The molecular formula is C12H23N. The van der Waals surface area contributed by atoms with Crippen molar-refractivity contribution in [2.75, 3.05) is 7.05 Å². The number of nitrogens with one attached hydrogen (secondary N) is 1. The van der Waals surface area contributed by atoms with E-state index in [9.17, 15) is 0 Å². The molecule has 0 aliphatic rings. The maximum absolute atomic E-state index is 3.75. The topological polar surface area (TPSA) is 12.0 Å². The molecule has 0 rings (SSSR count). The lowest BCUT2D eigenvalue weighted by Crippen LogP contribution is -2.24. The summed E-state index contributed by atoms with van der Waals surface area (Å²) in [6.45, 7) is 10.5. The summed E-state index contributed by atoms with van der Waals surface area (Å²) >= 11 is 0. The third kappa shape index (κ3) is 4.89. The van der Waals surface area contributed by atoms with Crippen molar-refractivity contribution < 1.29 is 0 Å². The van der Waals surface area contributed by atoms with Crippen molar-refractivity contribution in [2.45, 2.75) is 39.7 Å². The van der Waals surface area contributed by atoms with Crippen LogP contribution in [0.1, 0.15) is 33.6 Å². The van der Waals surface area contributed by atoms with Crippen molar-refractivity contribution in [3.8, 4) is 0 Å². The van der Waals surface area contributed by atoms with E-state index < -0.39 is 0 Å². The molecule has 0 aliphatic carbocycles. The van der Waals surface area contributed by atoms with Crippen LogP contribution in [0.25, 0.3) is 0 Å². The Bertz CT molecular complexity index is 170. The predicted molar refractivity (Wildman–Crippen MR) is 60.9 cm³/mol. The number of hydrogen-bond donors (Lipinski definition) is 1. The second-order valence-corrected chi connectivity index (χ2v) is 3.71. The van der Waals surface area contributed by atoms with E-state index in [4.69, 9.17) is 0 Å². The summed E-state index contributed by atoms with van der Waals surface area (Å²) in [5.41, 5.74) is 1.45. The van der Waals surface area contributed by atoms with E-state index >= 15 is 0 Å². The van der Waals surface area contributed by atoms with Gasteiger partial charge in [0.25, 0.3) is 0 Å². The minimum Gasteiger partial charge on any atom is -0.314 e. The SMILES string of the molecule is C=C/C=C(\CC(C)CC)C(C)NC. The van der Waals surface area contributed by atoms with Crippen LogP contribution in [0.5, 0.6) is 0 Å². The van der Waals surface area contributed by atoms with Gasteiger partial charge in [-0.2, -0.15) is 0 Å². The molecule has 0 aromatic heterocycles. The Kier molecular flexibility index (Phi) is 6.61. The first-order valence-corrected chi connectivity index (χ1v) is 5.14. The quantitative estimate of drug-likeness (QED) is 0.621. The van der Waals surface area contributed by atoms with E-state index in [0.29, 0.717) is 6.04 Å². The zero-order chi connectivity index (χ0) is 10.3. The summed E-state index contributed by atoms with van der Waals surface area (Å²) in [5.74, 6) is 0.766. The van der Waals surface area contributed by atoms with Gasteiger partial charge >= 0.3 is 0 Å². The second-order valence-electron chi connectivity index (χ2n) is 3.71. The van der Waals surface area contributed by atoms with Crippen LogP contribution in [0.15, 0.2) is 24.3 Å². The molecule has 0 spiro atoms. The van der Waals surface area contributed by atoms with E-state index in [1.165, 1.54) is 18.4 Å². The van der Waals surface area contributed by atoms with Gasteiger partial charge in [0.2, 0.25) is 0 Å². The maximum atomic E-state index is 3.75. The van der Waals surface area contributed by atoms with Crippen LogP contribution in [0, 0.1) is 5.92 Å². The molecule has 1 nitrogen and oxygen atoms in total. The molecule has 0 aliphatic heterocycles. The lowest BCUT2D eigenvalue weighted by molar-refractivity contribution is 0.524. The highest BCUT2D eigenvalue weighted by Gasteiger charge is 2.08. The second kappa shape index (κ2) is 6.90. The Hall–Kier alpha value is -0.560. The minimum atomic E-state index is 0.465. The fourth-order valence-electron chi connectivity index (χ4n) is 1.27. The molecule has 0 aromatic carbocycles. The molecule has 0 aromatic rings. The van der Waals surface area contributed by atoms with Crippen molar-refractivity contribution >= 4 is 0 Å². The molecule has 76 valence electrons. The molecule has 1 N–H and O–H groups in total. The standard InChI is InChI=1S/C12H23N/c1-6-8-12(11(4)13-5)9-10(3)7-2/h6,8,10-11,13H,1,7,9H2,2-5H3/b12-8+. The molecule has 13 heavy (non-hydrogen) atoms. The third-order valence-electron chi connectivity index (χ3n) is 2.60. The molecule has 0 saturated heterocycles. The zero-order valence-corrected chi connectivity index (χ0v) is 9.43. The highest BCUT2D eigenvalue weighted by Crippen LogP contribution is 2.17. The molecular weight excluding hydrogens is 158 g/mol. The molecule has 0 amide bonds. The lowest BCUT2D eigenvalue weighted by atomic mass is 9.94. The molecule has 0 radical (unpaired) electrons. The van der Waals surface area contributed by atoms with Crippen LogP contribution >= 0.6 is 0 Å². The zero-order valence-electron chi connectivity index (χ0n) is 9.43. The Morgan fingerprint density at radius 1 is 1.46 bits per heavy atom. The number of likely N-dealkylation sites (N-methyl/N-ethyl adjacent to an activating group) is 1. The monoisotopic (exact) mass is 181 g/mol. The molecule has 1 heteroatoms. The van der Waals surface area contributed by atoms with Crippen molar-refractivity contribution in [2.24, 2.45) is 5.92 Å². The van der Waals surface area contributed by atoms with E-state index in [2.05, 4.69) is 38.7 Å². The van der Waals surface area contributed by atoms with Gasteiger partial charge < -0.3 is 5.32 Å². The van der Waals surface area contributed by atoms with E-state index in [-0.39, 0.29) is 0 Å². The van der Waals surface area contributed by atoms with Crippen molar-refractivity contribution in [3.05, 3.63) is 24.3 Å². The van der Waals surface area contributed by atoms with Gasteiger partial charge in [-0.1, -0.05) is 44.6 Å². The van der Waals surface area contributed by atoms with Gasteiger partial charge in [-0.3, -0.25) is 0 Å². The van der Waals surface area contributed by atoms with Gasteiger partial charge in [-0.25, -0.2) is 0 Å². The summed E-state index contributed by atoms with van der Waals surface area (Å²) in [4.78, 5) is 0. The highest BCUT2D eigenvalue weighted by atomic mass is 14.9. The van der Waals surface area contributed by atoms with Gasteiger partial charge in [0.15, 0.2) is 0 Å². The van der Waals surface area contributed by atoms with Gasteiger partial charge in [-0.05, 0) is 26.3 Å². The van der Waals surface area contributed by atoms with E-state index in [1.54, 1.807) is 0 Å². The van der Waals surface area contributed by atoms with Gasteiger partial charge in [0.1, 0.15) is 0 Å². The smallest absolute Gasteiger partial charge is 0.0251 e. The van der Waals surface area contributed by atoms with Crippen LogP contribution in [-0.2, 0) is 0 Å². The van der Waals surface area contributed by atoms with Crippen LogP contribution in [0.2, 0.25) is 0 Å². The number of allylic oxidation sites excluding steroid dienone is 2. The Morgan fingerprint density at radius 2 is 2.08 bits per heavy atom. The summed E-state index contributed by atoms with van der Waals surface area (Å²) < 4.78 is 0. The molecule has 0 bridgehead atoms. The normalized spacial score (nSPS) is 16.8. The summed E-state index contributed by atoms with van der Waals surface area (Å²) in [6.07, 6.45) is 6.42. The minimum absolute atomic E-state index is 0.465. The number of rotatable bonds is 6. The van der Waals surface area contributed by atoms with Crippen molar-refractivity contribution in [3.63, 3.8) is 0 Å². The first-order chi connectivity index (χ1) is 6.15. The Labute approximate surface area is 82.9 Å². The molecule has 0 saturated carbocycles. The predicted octanol–water partition coefficient (Wildman–Crippen LogP) is 3.14. The van der Waals surface area contributed by atoms with Crippen molar-refractivity contribution in [1.29, 1.82) is 0 Å².